The van der Waals surface area contributed by atoms with E-state index in [4.69, 9.17) is 4.74 Å². The second kappa shape index (κ2) is 7.31. The van der Waals surface area contributed by atoms with Crippen molar-refractivity contribution in [2.75, 3.05) is 11.4 Å². The van der Waals surface area contributed by atoms with Gasteiger partial charge in [-0.15, -0.1) is 5.10 Å². The number of thiazole rings is 1. The lowest BCUT2D eigenvalue weighted by molar-refractivity contribution is -0.113. The van der Waals surface area contributed by atoms with Gasteiger partial charge in [-0.3, -0.25) is 9.59 Å². The maximum absolute atomic E-state index is 13.1. The molecule has 0 N–H and O–H groups in total. The molecule has 31 heavy (non-hydrogen) atoms. The number of nitrogens with zero attached hydrogens (tertiary/aromatic N) is 4. The number of likely N-dealkylation sites (N-methyl/N-ethyl adjacent to an activating group) is 1. The molecule has 0 atom stereocenters. The monoisotopic (exact) mass is 432 g/mol. The van der Waals surface area contributed by atoms with Crippen LogP contribution in [0.2, 0.25) is 0 Å². The van der Waals surface area contributed by atoms with Gasteiger partial charge in [-0.2, -0.15) is 9.50 Å². The average molecular weight is 433 g/mol. The Morgan fingerprint density at radius 3 is 2.48 bits per heavy atom. The Bertz CT molecular complexity index is 1420. The molecule has 0 fully saturated rings. The lowest BCUT2D eigenvalue weighted by Crippen LogP contribution is -2.32. The zero-order chi connectivity index (χ0) is 21.7. The topological polar surface area (TPSA) is 76.8 Å². The predicted octanol–water partition coefficient (Wildman–Crippen LogP) is 2.89. The maximum atomic E-state index is 13.1. The lowest BCUT2D eigenvalue weighted by atomic mass is 10.1. The average Bonchev–Trinajstić information content (AvgIpc) is 3.38. The van der Waals surface area contributed by atoms with Gasteiger partial charge in [0.25, 0.3) is 11.5 Å². The highest BCUT2D eigenvalue weighted by molar-refractivity contribution is 7.15. The van der Waals surface area contributed by atoms with Crippen molar-refractivity contribution < 1.29 is 9.53 Å². The summed E-state index contributed by atoms with van der Waals surface area (Å²) in [6, 6.07) is 15.0. The number of amides is 1. The predicted molar refractivity (Wildman–Crippen MR) is 121 cm³/mol. The molecular weight excluding hydrogens is 412 g/mol. The first-order valence-corrected chi connectivity index (χ1v) is 10.9. The van der Waals surface area contributed by atoms with E-state index >= 15 is 0 Å². The summed E-state index contributed by atoms with van der Waals surface area (Å²) in [5.74, 6) is 1.07. The van der Waals surface area contributed by atoms with Gasteiger partial charge in [-0.05, 0) is 51.1 Å². The van der Waals surface area contributed by atoms with Gasteiger partial charge in [-0.25, -0.2) is 0 Å². The zero-order valence-electron chi connectivity index (χ0n) is 17.3. The number of hydrogen-bond acceptors (Lipinski definition) is 6. The Hall–Kier alpha value is -3.52. The van der Waals surface area contributed by atoms with E-state index in [1.54, 1.807) is 4.90 Å². The highest BCUT2D eigenvalue weighted by atomic mass is 32.1. The van der Waals surface area contributed by atoms with Gasteiger partial charge in [0.1, 0.15) is 10.3 Å². The smallest absolute Gasteiger partial charge is 0.291 e. The fourth-order valence-corrected chi connectivity index (χ4v) is 4.77. The van der Waals surface area contributed by atoms with E-state index in [0.717, 1.165) is 22.6 Å². The van der Waals surface area contributed by atoms with Crippen molar-refractivity contribution >= 4 is 33.5 Å². The minimum atomic E-state index is -0.324. The number of anilines is 1. The Kier molecular flexibility index (Phi) is 4.59. The van der Waals surface area contributed by atoms with Gasteiger partial charge in [0.2, 0.25) is 4.96 Å². The fraction of sp³-hybridized carbons (Fsp3) is 0.217. The van der Waals surface area contributed by atoms with E-state index in [1.807, 2.05) is 69.3 Å². The molecule has 0 saturated carbocycles. The Morgan fingerprint density at radius 1 is 1.06 bits per heavy atom. The molecule has 1 amide bonds. The number of fused-ring (bicyclic) bond motifs is 2. The van der Waals surface area contributed by atoms with Crippen LogP contribution in [-0.2, 0) is 4.79 Å². The molecule has 5 rings (SSSR count). The lowest BCUT2D eigenvalue weighted by Gasteiger charge is -2.13. The molecule has 156 valence electrons. The second-order valence-electron chi connectivity index (χ2n) is 7.50. The first-order valence-electron chi connectivity index (χ1n) is 10.1. The maximum Gasteiger partial charge on any atom is 0.291 e. The number of aromatic nitrogens is 3. The van der Waals surface area contributed by atoms with Gasteiger partial charge in [-0.1, -0.05) is 29.5 Å². The number of hydrogen-bond donors (Lipinski definition) is 0. The number of rotatable bonds is 4. The van der Waals surface area contributed by atoms with Crippen LogP contribution in [0.5, 0.6) is 5.75 Å². The van der Waals surface area contributed by atoms with Gasteiger partial charge < -0.3 is 9.64 Å². The van der Waals surface area contributed by atoms with Crippen LogP contribution in [0.4, 0.5) is 5.69 Å². The van der Waals surface area contributed by atoms with Crippen LogP contribution >= 0.6 is 11.3 Å². The van der Waals surface area contributed by atoms with E-state index < -0.39 is 0 Å². The van der Waals surface area contributed by atoms with E-state index in [2.05, 4.69) is 10.1 Å². The van der Waals surface area contributed by atoms with E-state index in [9.17, 15) is 9.59 Å². The molecule has 0 bridgehead atoms. The normalized spacial score (nSPS) is 15.2. The minimum Gasteiger partial charge on any atom is -0.491 e. The van der Waals surface area contributed by atoms with Gasteiger partial charge >= 0.3 is 0 Å². The number of para-hydroxylation sites is 1. The molecule has 0 radical (unpaired) electrons. The van der Waals surface area contributed by atoms with Crippen LogP contribution in [0.25, 0.3) is 21.9 Å². The third-order valence-corrected chi connectivity index (χ3v) is 6.14. The third-order valence-electron chi connectivity index (χ3n) is 5.11. The Labute approximate surface area is 182 Å². The summed E-state index contributed by atoms with van der Waals surface area (Å²) in [5, 5.41) is 4.41. The highest BCUT2D eigenvalue weighted by Gasteiger charge is 2.33. The zero-order valence-corrected chi connectivity index (χ0v) is 18.1. The van der Waals surface area contributed by atoms with Crippen molar-refractivity contribution in [1.29, 1.82) is 0 Å². The number of carbonyl (C=O) groups is 1. The summed E-state index contributed by atoms with van der Waals surface area (Å²) >= 11 is 1.20. The van der Waals surface area contributed by atoms with Crippen LogP contribution in [-0.4, -0.2) is 33.2 Å². The Morgan fingerprint density at radius 2 is 1.81 bits per heavy atom. The van der Waals surface area contributed by atoms with E-state index in [0.29, 0.717) is 27.4 Å². The summed E-state index contributed by atoms with van der Waals surface area (Å²) in [6.07, 6.45) is 0.0907. The van der Waals surface area contributed by atoms with Crippen molar-refractivity contribution in [3.05, 3.63) is 69.0 Å². The van der Waals surface area contributed by atoms with Crippen LogP contribution < -0.4 is 19.7 Å². The first-order chi connectivity index (χ1) is 15.0. The van der Waals surface area contributed by atoms with E-state index in [1.165, 1.54) is 15.9 Å². The molecule has 3 heterocycles. The second-order valence-corrected chi connectivity index (χ2v) is 8.48. The highest BCUT2D eigenvalue weighted by Crippen LogP contribution is 2.34. The SMILES string of the molecule is CCN1C(=O)C(=c2sc3nc(-c4ccc(OC(C)C)cc4)nn3c2=O)c2ccccc21. The molecular formula is C23H20N4O3S. The summed E-state index contributed by atoms with van der Waals surface area (Å²) in [5.41, 5.74) is 2.50. The fourth-order valence-electron chi connectivity index (χ4n) is 3.78. The van der Waals surface area contributed by atoms with Crippen LogP contribution in [0, 0.1) is 0 Å². The first kappa shape index (κ1) is 19.4. The largest absolute Gasteiger partial charge is 0.491 e. The third kappa shape index (κ3) is 3.11. The summed E-state index contributed by atoms with van der Waals surface area (Å²) < 4.78 is 7.32. The minimum absolute atomic E-state index is 0.0907. The summed E-state index contributed by atoms with van der Waals surface area (Å²) in [4.78, 5) is 32.9. The molecule has 8 heteroatoms. The van der Waals surface area contributed by atoms with Crippen molar-refractivity contribution in [3.8, 4) is 17.1 Å². The van der Waals surface area contributed by atoms with Gasteiger partial charge in [0, 0.05) is 17.7 Å². The van der Waals surface area contributed by atoms with Crippen LogP contribution in [0.3, 0.4) is 0 Å². The van der Waals surface area contributed by atoms with Crippen molar-refractivity contribution in [2.24, 2.45) is 0 Å². The molecule has 0 aliphatic carbocycles. The number of benzene rings is 2. The number of ether oxygens (including phenoxy) is 1. The molecule has 7 nitrogen and oxygen atoms in total. The molecule has 1 aliphatic heterocycles. The number of carbonyl (C=O) groups excluding carboxylic acids is 1. The molecule has 1 aliphatic rings. The van der Waals surface area contributed by atoms with Gasteiger partial charge in [0.15, 0.2) is 5.82 Å². The van der Waals surface area contributed by atoms with Crippen LogP contribution in [0.15, 0.2) is 53.3 Å². The summed E-state index contributed by atoms with van der Waals surface area (Å²) in [6.45, 7) is 6.40. The quantitative estimate of drug-likeness (QED) is 0.496. The summed E-state index contributed by atoms with van der Waals surface area (Å²) in [7, 11) is 0. The molecule has 0 saturated heterocycles. The van der Waals surface area contributed by atoms with Crippen LogP contribution in [0.1, 0.15) is 26.3 Å². The standard InChI is InChI=1S/C23H20N4O3S/c1-4-26-17-8-6-5-7-16(17)18(21(26)28)19-22(29)27-23(31-19)24-20(25-27)14-9-11-15(12-10-14)30-13(2)3/h5-13H,4H2,1-3H3. The van der Waals surface area contributed by atoms with Crippen molar-refractivity contribution in [1.82, 2.24) is 14.6 Å². The molecule has 4 aromatic rings. The van der Waals surface area contributed by atoms with E-state index in [-0.39, 0.29) is 17.6 Å². The van der Waals surface area contributed by atoms with Crippen molar-refractivity contribution in [3.63, 3.8) is 0 Å². The molecule has 2 aromatic heterocycles. The molecule has 2 aromatic carbocycles. The Balaban J connectivity index is 1.61. The molecule has 0 spiro atoms. The van der Waals surface area contributed by atoms with Gasteiger partial charge in [0.05, 0.1) is 17.4 Å². The van der Waals surface area contributed by atoms with Crippen molar-refractivity contribution in [2.45, 2.75) is 26.9 Å². The molecule has 0 unspecified atom stereocenters.